The van der Waals surface area contributed by atoms with Crippen LogP contribution in [0, 0.1) is 6.92 Å². The van der Waals surface area contributed by atoms with E-state index in [4.69, 9.17) is 10.5 Å². The van der Waals surface area contributed by atoms with Gasteiger partial charge in [-0.1, -0.05) is 0 Å². The van der Waals surface area contributed by atoms with Crippen molar-refractivity contribution in [2.45, 2.75) is 51.2 Å². The summed E-state index contributed by atoms with van der Waals surface area (Å²) in [6.07, 6.45) is 5.76. The van der Waals surface area contributed by atoms with E-state index in [0.29, 0.717) is 18.1 Å². The van der Waals surface area contributed by atoms with Crippen LogP contribution in [0.2, 0.25) is 0 Å². The number of aromatic nitrogens is 1. The van der Waals surface area contributed by atoms with Crippen molar-refractivity contribution < 1.29 is 4.74 Å². The minimum absolute atomic E-state index is 0.392. The molecule has 2 aliphatic rings. The molecule has 0 amide bonds. The first-order valence-corrected chi connectivity index (χ1v) is 7.73. The fourth-order valence-electron chi connectivity index (χ4n) is 3.74. The van der Waals surface area contributed by atoms with Gasteiger partial charge in [0.05, 0.1) is 18.0 Å². The Bertz CT molecular complexity index is 469. The van der Waals surface area contributed by atoms with E-state index < -0.39 is 0 Å². The number of nitrogens with zero attached hydrogens (tertiary/aromatic N) is 2. The van der Waals surface area contributed by atoms with Gasteiger partial charge in [0.2, 0.25) is 0 Å². The Balaban J connectivity index is 1.63. The number of piperidine rings is 1. The van der Waals surface area contributed by atoms with Gasteiger partial charge in [-0.05, 0) is 57.8 Å². The topological polar surface area (TPSA) is 51.4 Å². The molecule has 0 bridgehead atoms. The summed E-state index contributed by atoms with van der Waals surface area (Å²) in [6, 6.07) is 2.66. The minimum Gasteiger partial charge on any atom is -0.397 e. The van der Waals surface area contributed by atoms with Crippen molar-refractivity contribution in [3.05, 3.63) is 23.5 Å². The van der Waals surface area contributed by atoms with Crippen molar-refractivity contribution in [3.8, 4) is 0 Å². The summed E-state index contributed by atoms with van der Waals surface area (Å²) in [7, 11) is 0. The van der Waals surface area contributed by atoms with Gasteiger partial charge in [-0.25, -0.2) is 0 Å². The molecule has 2 N–H and O–H groups in total. The molecule has 20 heavy (non-hydrogen) atoms. The van der Waals surface area contributed by atoms with Gasteiger partial charge >= 0.3 is 0 Å². The SMILES string of the molecule is Cc1cc(N)cnc1C1CCN(C2CCOC2C)CC1. The highest BCUT2D eigenvalue weighted by atomic mass is 16.5. The van der Waals surface area contributed by atoms with E-state index in [1.807, 2.05) is 6.07 Å². The van der Waals surface area contributed by atoms with Crippen LogP contribution in [0.3, 0.4) is 0 Å². The number of aryl methyl sites for hydroxylation is 1. The van der Waals surface area contributed by atoms with Gasteiger partial charge in [-0.15, -0.1) is 0 Å². The smallest absolute Gasteiger partial charge is 0.0703 e. The number of hydrogen-bond acceptors (Lipinski definition) is 4. The molecule has 0 radical (unpaired) electrons. The Morgan fingerprint density at radius 3 is 2.65 bits per heavy atom. The summed E-state index contributed by atoms with van der Waals surface area (Å²) in [6.45, 7) is 7.57. The lowest BCUT2D eigenvalue weighted by molar-refractivity contribution is 0.0625. The van der Waals surface area contributed by atoms with Crippen LogP contribution in [0.4, 0.5) is 5.69 Å². The third-order valence-electron chi connectivity index (χ3n) is 4.86. The van der Waals surface area contributed by atoms with E-state index in [1.165, 1.54) is 30.5 Å². The van der Waals surface area contributed by atoms with Crippen LogP contribution in [0.5, 0.6) is 0 Å². The number of ether oxygens (including phenoxy) is 1. The molecule has 2 aliphatic heterocycles. The summed E-state index contributed by atoms with van der Waals surface area (Å²) in [5, 5.41) is 0. The van der Waals surface area contributed by atoms with Crippen LogP contribution in [-0.2, 0) is 4.74 Å². The maximum absolute atomic E-state index is 5.79. The molecule has 1 aromatic heterocycles. The van der Waals surface area contributed by atoms with Gasteiger partial charge in [0.15, 0.2) is 0 Å². The molecule has 3 rings (SSSR count). The van der Waals surface area contributed by atoms with Crippen molar-refractivity contribution >= 4 is 5.69 Å². The predicted octanol–water partition coefficient (Wildman–Crippen LogP) is 2.33. The lowest BCUT2D eigenvalue weighted by atomic mass is 9.89. The quantitative estimate of drug-likeness (QED) is 0.900. The normalized spacial score (nSPS) is 28.9. The summed E-state index contributed by atoms with van der Waals surface area (Å²) in [4.78, 5) is 7.18. The van der Waals surface area contributed by atoms with Gasteiger partial charge in [0.25, 0.3) is 0 Å². The van der Waals surface area contributed by atoms with Crippen LogP contribution in [0.25, 0.3) is 0 Å². The maximum atomic E-state index is 5.79. The number of anilines is 1. The largest absolute Gasteiger partial charge is 0.397 e. The molecule has 4 heteroatoms. The van der Waals surface area contributed by atoms with E-state index in [1.54, 1.807) is 6.20 Å². The summed E-state index contributed by atoms with van der Waals surface area (Å²) in [5.41, 5.74) is 9.04. The van der Waals surface area contributed by atoms with Crippen molar-refractivity contribution in [3.63, 3.8) is 0 Å². The second-order valence-electron chi connectivity index (χ2n) is 6.21. The summed E-state index contributed by atoms with van der Waals surface area (Å²) in [5.74, 6) is 0.587. The molecule has 4 nitrogen and oxygen atoms in total. The lowest BCUT2D eigenvalue weighted by Crippen LogP contribution is -2.44. The average molecular weight is 275 g/mol. The Kier molecular flexibility index (Phi) is 3.94. The number of rotatable bonds is 2. The van der Waals surface area contributed by atoms with Crippen LogP contribution in [-0.4, -0.2) is 41.7 Å². The first kappa shape index (κ1) is 13.8. The molecule has 3 heterocycles. The van der Waals surface area contributed by atoms with E-state index in [-0.39, 0.29) is 0 Å². The molecular formula is C16H25N3O. The minimum atomic E-state index is 0.392. The molecule has 110 valence electrons. The maximum Gasteiger partial charge on any atom is 0.0703 e. The molecule has 2 atom stereocenters. The van der Waals surface area contributed by atoms with Gasteiger partial charge in [0.1, 0.15) is 0 Å². The van der Waals surface area contributed by atoms with Gasteiger partial charge < -0.3 is 10.5 Å². The van der Waals surface area contributed by atoms with E-state index in [2.05, 4.69) is 23.7 Å². The number of hydrogen-bond donors (Lipinski definition) is 1. The zero-order valence-electron chi connectivity index (χ0n) is 12.5. The molecule has 2 fully saturated rings. The number of pyridine rings is 1. The van der Waals surface area contributed by atoms with Crippen LogP contribution in [0.1, 0.15) is 43.4 Å². The average Bonchev–Trinajstić information content (AvgIpc) is 2.85. The third kappa shape index (κ3) is 2.67. The summed E-state index contributed by atoms with van der Waals surface area (Å²) >= 11 is 0. The highest BCUT2D eigenvalue weighted by molar-refractivity contribution is 5.40. The second kappa shape index (κ2) is 5.70. The predicted molar refractivity (Wildman–Crippen MR) is 80.8 cm³/mol. The van der Waals surface area contributed by atoms with Crippen molar-refractivity contribution in [2.24, 2.45) is 0 Å². The van der Waals surface area contributed by atoms with E-state index in [9.17, 15) is 0 Å². The standard InChI is InChI=1S/C16H25N3O/c1-11-9-14(17)10-18-16(11)13-3-6-19(7-4-13)15-5-8-20-12(15)2/h9-10,12-13,15H,3-8,17H2,1-2H3. The Morgan fingerprint density at radius 2 is 2.05 bits per heavy atom. The zero-order valence-corrected chi connectivity index (χ0v) is 12.5. The molecule has 2 saturated heterocycles. The van der Waals surface area contributed by atoms with Crippen molar-refractivity contribution in [1.29, 1.82) is 0 Å². The molecule has 0 saturated carbocycles. The van der Waals surface area contributed by atoms with E-state index in [0.717, 1.165) is 25.4 Å². The second-order valence-corrected chi connectivity index (χ2v) is 6.21. The summed E-state index contributed by atoms with van der Waals surface area (Å²) < 4.78 is 5.69. The Hall–Kier alpha value is -1.13. The van der Waals surface area contributed by atoms with Crippen LogP contribution >= 0.6 is 0 Å². The van der Waals surface area contributed by atoms with Gasteiger partial charge in [0, 0.05) is 24.3 Å². The number of nitrogens with two attached hydrogens (primary N) is 1. The fraction of sp³-hybridized carbons (Fsp3) is 0.688. The van der Waals surface area contributed by atoms with E-state index >= 15 is 0 Å². The third-order valence-corrected chi connectivity index (χ3v) is 4.86. The van der Waals surface area contributed by atoms with Crippen LogP contribution < -0.4 is 5.73 Å². The first-order chi connectivity index (χ1) is 9.65. The highest BCUT2D eigenvalue weighted by Crippen LogP contribution is 2.32. The number of nitrogen functional groups attached to an aromatic ring is 1. The van der Waals surface area contributed by atoms with Crippen molar-refractivity contribution in [1.82, 2.24) is 9.88 Å². The van der Waals surface area contributed by atoms with Gasteiger partial charge in [-0.2, -0.15) is 0 Å². The first-order valence-electron chi connectivity index (χ1n) is 7.73. The fourth-order valence-corrected chi connectivity index (χ4v) is 3.74. The number of likely N-dealkylation sites (tertiary alicyclic amines) is 1. The Morgan fingerprint density at radius 1 is 1.30 bits per heavy atom. The van der Waals surface area contributed by atoms with Crippen LogP contribution in [0.15, 0.2) is 12.3 Å². The molecular weight excluding hydrogens is 250 g/mol. The molecule has 0 aromatic carbocycles. The Labute approximate surface area is 121 Å². The highest BCUT2D eigenvalue weighted by Gasteiger charge is 2.33. The molecule has 0 spiro atoms. The molecule has 0 aliphatic carbocycles. The van der Waals surface area contributed by atoms with Gasteiger partial charge in [-0.3, -0.25) is 9.88 Å². The van der Waals surface area contributed by atoms with Crippen molar-refractivity contribution in [2.75, 3.05) is 25.4 Å². The lowest BCUT2D eigenvalue weighted by Gasteiger charge is -2.37. The molecule has 2 unspecified atom stereocenters. The molecule has 1 aromatic rings. The monoisotopic (exact) mass is 275 g/mol. The zero-order chi connectivity index (χ0) is 14.1.